The van der Waals surface area contributed by atoms with Gasteiger partial charge in [0.05, 0.1) is 20.8 Å². The summed E-state index contributed by atoms with van der Waals surface area (Å²) in [7, 11) is 2.45. The summed E-state index contributed by atoms with van der Waals surface area (Å²) in [5.74, 6) is -10.7. The number of likely N-dealkylation sites (tertiary alicyclic amines) is 1. The van der Waals surface area contributed by atoms with Gasteiger partial charge in [-0.2, -0.15) is 0 Å². The first-order valence-electron chi connectivity index (χ1n) is 36.9. The van der Waals surface area contributed by atoms with Gasteiger partial charge in [-0.15, -0.1) is 0 Å². The fourth-order valence-electron chi connectivity index (χ4n) is 12.3. The SMILES string of the molecule is CONC(=O)Nc1ccc(C[C@H](NC(=O)[C@H](CO)NC(=O)[C@@H](CCC(N)=O)NC(=O)[C@@H](Cc2ccc(Cl)cc2)NC(=O)[C@@H](Cc2ccc3ccccc3c2)NC(C)=O)C(=O)N[C@H](Cc2ccc(NC(=O)NOC)cc2)C(=O)N[C@@H](CC(C)C)C(=O)N[C@@H](CCCCNC(C)C)C(=O)N2CCC[C@H]2C(=O)N[C@H](C)C(N)=O)cc1. The minimum absolute atomic E-state index is 0.0127. The van der Waals surface area contributed by atoms with Gasteiger partial charge in [0.2, 0.25) is 70.9 Å². The average Bonchev–Trinajstić information content (AvgIpc) is 1.57. The van der Waals surface area contributed by atoms with Crippen molar-refractivity contribution in [3.63, 3.8) is 0 Å². The number of benzene rings is 5. The van der Waals surface area contributed by atoms with Crippen LogP contribution in [0.15, 0.2) is 115 Å². The molecule has 35 heteroatoms. The minimum atomic E-state index is -1.95. The number of aliphatic hydroxyl groups is 1. The van der Waals surface area contributed by atoms with Crippen LogP contribution in [0.1, 0.15) is 115 Å². The number of unbranched alkanes of at least 4 members (excludes halogenated alkanes) is 1. The fourth-order valence-corrected chi connectivity index (χ4v) is 12.4. The standard InChI is InChI=1S/C77H104ClN17O17/c1-43(2)36-58(68(101)87-57(16-11-12-34-81-44(3)4)75(108)95-35-13-17-64(95)74(107)82-45(5)66(80)99)88-71(104)61(39-48-21-28-54(29-22-48)84-76(109)93-111-7)90-72(105)62(40-49-23-30-55(31-24-49)85-77(110)94-112-8)91-73(106)63(42-96)92-67(100)56(32-33-65(79)98)86-70(103)60(38-47-19-26-53(78)27-20-47)89-69(102)59(83-46(6)97)41-50-18-25-51-14-9-10-15-52(51)37-50/h9-10,14-15,18-31,37,43-45,56-64,81,96H,11-13,16-17,32-36,38-42H2,1-8H3,(H2,79,98)(H2,80,99)(H,82,107)(H,83,97)(H,86,103)(H,87,101)(H,88,104)(H,89,102)(H,90,105)(H,91,106)(H,92,100)(H2,84,93,109)(H2,85,94,110)/t45-,56-,57+,58+,59-,60-,61-,62+,63+,64+/m1/s1. The van der Waals surface area contributed by atoms with E-state index in [9.17, 15) is 62.6 Å². The number of nitrogens with zero attached hydrogens (tertiary/aromatic N) is 1. The quantitative estimate of drug-likeness (QED) is 0.0194. The number of hydroxylamine groups is 2. The molecule has 0 aromatic heterocycles. The van der Waals surface area contributed by atoms with Crippen LogP contribution in [0.25, 0.3) is 10.8 Å². The second kappa shape index (κ2) is 45.1. The lowest BCUT2D eigenvalue weighted by atomic mass is 9.99. The second-order valence-electron chi connectivity index (χ2n) is 28.0. The Morgan fingerprint density at radius 2 is 0.946 bits per heavy atom. The van der Waals surface area contributed by atoms with Crippen LogP contribution >= 0.6 is 11.6 Å². The van der Waals surface area contributed by atoms with Gasteiger partial charge in [-0.3, -0.25) is 67.2 Å². The van der Waals surface area contributed by atoms with E-state index in [1.54, 1.807) is 44.2 Å². The molecule has 5 aromatic carbocycles. The zero-order valence-corrected chi connectivity index (χ0v) is 64.7. The molecule has 0 bridgehead atoms. The van der Waals surface area contributed by atoms with Crippen molar-refractivity contribution < 1.29 is 81.9 Å². The molecule has 1 heterocycles. The summed E-state index contributed by atoms with van der Waals surface area (Å²) >= 11 is 6.22. The summed E-state index contributed by atoms with van der Waals surface area (Å²) in [6.07, 6.45) is -0.179. The number of primary amides is 2. The predicted molar refractivity (Wildman–Crippen MR) is 416 cm³/mol. The molecule has 1 saturated heterocycles. The summed E-state index contributed by atoms with van der Waals surface area (Å²) in [4.78, 5) is 205. The number of carbonyl (C=O) groups is 14. The molecule has 34 nitrogen and oxygen atoms in total. The third-order valence-electron chi connectivity index (χ3n) is 18.1. The lowest BCUT2D eigenvalue weighted by molar-refractivity contribution is -0.142. The Hall–Kier alpha value is -11.3. The van der Waals surface area contributed by atoms with E-state index in [1.807, 2.05) is 50.2 Å². The zero-order chi connectivity index (χ0) is 82.1. The van der Waals surface area contributed by atoms with E-state index >= 15 is 9.59 Å². The predicted octanol–water partition coefficient (Wildman–Crippen LogP) is 1.48. The highest BCUT2D eigenvalue weighted by Gasteiger charge is 2.41. The molecule has 10 atom stereocenters. The molecule has 16 amide bonds. The maximum absolute atomic E-state index is 15.3. The van der Waals surface area contributed by atoms with Crippen LogP contribution in [-0.4, -0.2) is 193 Å². The number of rotatable bonds is 43. The fraction of sp³-hybridized carbons (Fsp3) is 0.455. The molecule has 0 saturated carbocycles. The molecular formula is C77H104ClN17O17. The number of hydrogen-bond donors (Lipinski definition) is 17. The van der Waals surface area contributed by atoms with Crippen molar-refractivity contribution in [2.75, 3.05) is 44.5 Å². The Morgan fingerprint density at radius 1 is 0.509 bits per heavy atom. The summed E-state index contributed by atoms with van der Waals surface area (Å²) in [5, 5.41) is 45.4. The van der Waals surface area contributed by atoms with Crippen molar-refractivity contribution in [2.45, 2.75) is 185 Å². The van der Waals surface area contributed by atoms with Gasteiger partial charge in [-0.1, -0.05) is 118 Å². The molecule has 0 radical (unpaired) electrons. The van der Waals surface area contributed by atoms with E-state index in [0.29, 0.717) is 53.1 Å². The monoisotopic (exact) mass is 1570 g/mol. The van der Waals surface area contributed by atoms with Crippen molar-refractivity contribution in [1.29, 1.82) is 0 Å². The lowest BCUT2D eigenvalue weighted by Crippen LogP contribution is -2.61. The van der Waals surface area contributed by atoms with Crippen LogP contribution in [0, 0.1) is 5.92 Å². The molecule has 1 aliphatic rings. The average molecular weight is 1580 g/mol. The third-order valence-corrected chi connectivity index (χ3v) is 18.3. The molecule has 0 unspecified atom stereocenters. The molecule has 1 aliphatic heterocycles. The zero-order valence-electron chi connectivity index (χ0n) is 64.0. The van der Waals surface area contributed by atoms with E-state index in [2.05, 4.69) is 74.8 Å². The first-order valence-corrected chi connectivity index (χ1v) is 37.2. The number of hydrogen-bond acceptors (Lipinski definition) is 18. The number of carbonyl (C=O) groups excluding carboxylic acids is 14. The Bertz CT molecular complexity index is 4080. The number of nitrogens with one attached hydrogen (secondary N) is 14. The van der Waals surface area contributed by atoms with Gasteiger partial charge >= 0.3 is 12.1 Å². The van der Waals surface area contributed by atoms with E-state index in [4.69, 9.17) is 32.7 Å². The molecule has 6 rings (SSSR count). The summed E-state index contributed by atoms with van der Waals surface area (Å²) in [6.45, 7) is 9.72. The number of nitrogens with two attached hydrogens (primary N) is 2. The van der Waals surface area contributed by atoms with Gasteiger partial charge in [0.25, 0.3) is 0 Å². The van der Waals surface area contributed by atoms with Crippen LogP contribution in [0.2, 0.25) is 5.02 Å². The second-order valence-corrected chi connectivity index (χ2v) is 28.4. The summed E-state index contributed by atoms with van der Waals surface area (Å²) in [6, 6.07) is 15.5. The molecule has 0 spiro atoms. The van der Waals surface area contributed by atoms with Gasteiger partial charge in [-0.05, 0) is 134 Å². The third kappa shape index (κ3) is 29.8. The van der Waals surface area contributed by atoms with Crippen molar-refractivity contribution in [1.82, 2.24) is 69.0 Å². The highest BCUT2D eigenvalue weighted by Crippen LogP contribution is 2.23. The van der Waals surface area contributed by atoms with Crippen LogP contribution in [0.3, 0.4) is 0 Å². The molecule has 19 N–H and O–H groups in total. The van der Waals surface area contributed by atoms with Crippen LogP contribution in [0.4, 0.5) is 21.0 Å². The van der Waals surface area contributed by atoms with Crippen molar-refractivity contribution in [3.05, 3.63) is 143 Å². The van der Waals surface area contributed by atoms with Crippen LogP contribution in [0.5, 0.6) is 0 Å². The van der Waals surface area contributed by atoms with Gasteiger partial charge in [-0.25, -0.2) is 20.5 Å². The number of anilines is 2. The van der Waals surface area contributed by atoms with Crippen LogP contribution in [-0.2, 0) is 92.9 Å². The lowest BCUT2D eigenvalue weighted by Gasteiger charge is -2.31. The number of fused-ring (bicyclic) bond motifs is 1. The highest BCUT2D eigenvalue weighted by atomic mass is 35.5. The van der Waals surface area contributed by atoms with Crippen molar-refractivity contribution in [3.8, 4) is 0 Å². The highest BCUT2D eigenvalue weighted by molar-refractivity contribution is 6.30. The Balaban J connectivity index is 1.33. The molecule has 606 valence electrons. The van der Waals surface area contributed by atoms with Gasteiger partial charge < -0.3 is 85.3 Å². The smallest absolute Gasteiger partial charge is 0.343 e. The maximum atomic E-state index is 15.3. The first-order chi connectivity index (χ1) is 53.3. The molecular weight excluding hydrogens is 1470 g/mol. The molecule has 5 aromatic rings. The van der Waals surface area contributed by atoms with E-state index in [0.717, 1.165) is 10.8 Å². The van der Waals surface area contributed by atoms with Gasteiger partial charge in [0.15, 0.2) is 0 Å². The van der Waals surface area contributed by atoms with E-state index in [-0.39, 0.29) is 68.4 Å². The number of urea groups is 2. The Kier molecular flexibility index (Phi) is 36.1. The minimum Gasteiger partial charge on any atom is -0.394 e. The summed E-state index contributed by atoms with van der Waals surface area (Å²) < 4.78 is 0. The number of amides is 16. The maximum Gasteiger partial charge on any atom is 0.343 e. The summed E-state index contributed by atoms with van der Waals surface area (Å²) in [5.41, 5.74) is 17.7. The van der Waals surface area contributed by atoms with Crippen molar-refractivity contribution in [2.24, 2.45) is 17.4 Å². The number of halogens is 1. The van der Waals surface area contributed by atoms with E-state index < -0.39 is 169 Å². The first kappa shape index (κ1) is 89.6. The Labute approximate surface area is 654 Å². The normalized spacial score (nSPS) is 14.9. The molecule has 0 aliphatic carbocycles. The van der Waals surface area contributed by atoms with Gasteiger partial charge in [0, 0.05) is 68.0 Å². The van der Waals surface area contributed by atoms with E-state index in [1.165, 1.54) is 81.5 Å². The Morgan fingerprint density at radius 3 is 1.43 bits per heavy atom. The largest absolute Gasteiger partial charge is 0.394 e. The van der Waals surface area contributed by atoms with Crippen molar-refractivity contribution >= 4 is 117 Å². The number of aliphatic hydroxyl groups excluding tert-OH is 1. The topological polar surface area (TPSA) is 501 Å². The molecule has 1 fully saturated rings. The molecule has 112 heavy (non-hydrogen) atoms. The van der Waals surface area contributed by atoms with Crippen LogP contribution < -0.4 is 86.2 Å². The van der Waals surface area contributed by atoms with Gasteiger partial charge in [0.1, 0.15) is 60.4 Å².